The van der Waals surface area contributed by atoms with E-state index in [2.05, 4.69) is 25.5 Å². The monoisotopic (exact) mass is 405 g/mol. The lowest BCUT2D eigenvalue weighted by atomic mass is 10.1. The van der Waals surface area contributed by atoms with Crippen molar-refractivity contribution in [3.63, 3.8) is 0 Å². The molecule has 2 aromatic carbocycles. The SMILES string of the molecule is CN1CCN(c2cc(Nc3ccc4ncccc4c3)c3nonc3c2[N+](=O)[O-])CC1. The van der Waals surface area contributed by atoms with E-state index in [1.54, 1.807) is 12.3 Å². The highest BCUT2D eigenvalue weighted by Gasteiger charge is 2.30. The maximum Gasteiger partial charge on any atom is 0.323 e. The van der Waals surface area contributed by atoms with Gasteiger partial charge in [-0.05, 0) is 47.7 Å². The first-order valence-electron chi connectivity index (χ1n) is 9.59. The molecule has 0 bridgehead atoms. The van der Waals surface area contributed by atoms with Gasteiger partial charge in [0, 0.05) is 43.4 Å². The number of nitro benzene ring substituents is 1. The van der Waals surface area contributed by atoms with Crippen LogP contribution in [-0.2, 0) is 0 Å². The predicted octanol–water partition coefficient (Wildman–Crippen LogP) is 3.17. The molecular formula is C20H19N7O3. The van der Waals surface area contributed by atoms with E-state index >= 15 is 0 Å². The standard InChI is InChI=1S/C20H19N7O3/c1-25-7-9-26(10-8-25)17-12-16(18-19(24-30-23-18)20(17)27(28)29)22-14-4-5-15-13(11-14)3-2-6-21-15/h2-6,11-12,22H,7-10H2,1H3. The number of nitro groups is 1. The van der Waals surface area contributed by atoms with Gasteiger partial charge >= 0.3 is 5.69 Å². The summed E-state index contributed by atoms with van der Waals surface area (Å²) in [7, 11) is 2.04. The van der Waals surface area contributed by atoms with E-state index in [1.807, 2.05) is 42.3 Å². The average molecular weight is 405 g/mol. The summed E-state index contributed by atoms with van der Waals surface area (Å²) in [5, 5.41) is 24.0. The van der Waals surface area contributed by atoms with Crippen molar-refractivity contribution in [3.8, 4) is 0 Å². The van der Waals surface area contributed by atoms with Crippen LogP contribution >= 0.6 is 0 Å². The topological polar surface area (TPSA) is 113 Å². The zero-order valence-corrected chi connectivity index (χ0v) is 16.3. The molecule has 0 radical (unpaired) electrons. The van der Waals surface area contributed by atoms with Crippen molar-refractivity contribution in [3.05, 3.63) is 52.7 Å². The van der Waals surface area contributed by atoms with Crippen LogP contribution in [0.5, 0.6) is 0 Å². The average Bonchev–Trinajstić information content (AvgIpc) is 3.23. The Morgan fingerprint density at radius 1 is 1.10 bits per heavy atom. The molecule has 4 aromatic rings. The van der Waals surface area contributed by atoms with Gasteiger partial charge in [-0.25, -0.2) is 4.63 Å². The Bertz CT molecular complexity index is 1250. The highest BCUT2D eigenvalue weighted by molar-refractivity contribution is 6.01. The van der Waals surface area contributed by atoms with Crippen LogP contribution in [0.3, 0.4) is 0 Å². The van der Waals surface area contributed by atoms with E-state index in [0.29, 0.717) is 30.0 Å². The molecule has 0 saturated carbocycles. The number of pyridine rings is 1. The fourth-order valence-corrected chi connectivity index (χ4v) is 3.79. The zero-order valence-electron chi connectivity index (χ0n) is 16.3. The third-order valence-corrected chi connectivity index (χ3v) is 5.40. The van der Waals surface area contributed by atoms with Crippen molar-refractivity contribution in [2.75, 3.05) is 43.4 Å². The van der Waals surface area contributed by atoms with Gasteiger partial charge in [0.05, 0.1) is 16.1 Å². The van der Waals surface area contributed by atoms with Gasteiger partial charge in [-0.15, -0.1) is 0 Å². The molecule has 1 fully saturated rings. The molecule has 3 heterocycles. The molecule has 0 atom stereocenters. The van der Waals surface area contributed by atoms with Gasteiger partial charge in [0.25, 0.3) is 0 Å². The number of benzene rings is 2. The second-order valence-electron chi connectivity index (χ2n) is 7.34. The molecule has 1 aliphatic rings. The van der Waals surface area contributed by atoms with E-state index in [9.17, 15) is 10.1 Å². The van der Waals surface area contributed by atoms with Gasteiger partial charge in [0.1, 0.15) is 5.69 Å². The van der Waals surface area contributed by atoms with Crippen molar-refractivity contribution in [1.29, 1.82) is 0 Å². The lowest BCUT2D eigenvalue weighted by Gasteiger charge is -2.33. The van der Waals surface area contributed by atoms with Crippen LogP contribution < -0.4 is 10.2 Å². The molecule has 2 aromatic heterocycles. The molecule has 1 aliphatic heterocycles. The number of nitrogens with zero attached hydrogens (tertiary/aromatic N) is 6. The highest BCUT2D eigenvalue weighted by atomic mass is 16.6. The van der Waals surface area contributed by atoms with Gasteiger partial charge in [0.2, 0.25) is 5.52 Å². The Labute approximate surface area is 171 Å². The molecule has 0 spiro atoms. The first-order valence-corrected chi connectivity index (χ1v) is 9.59. The van der Waals surface area contributed by atoms with E-state index < -0.39 is 4.92 Å². The van der Waals surface area contributed by atoms with Crippen LogP contribution in [0.25, 0.3) is 21.9 Å². The van der Waals surface area contributed by atoms with E-state index in [0.717, 1.165) is 29.7 Å². The number of aromatic nitrogens is 3. The number of anilines is 3. The molecule has 30 heavy (non-hydrogen) atoms. The molecular weight excluding hydrogens is 386 g/mol. The van der Waals surface area contributed by atoms with E-state index in [1.165, 1.54) is 0 Å². The normalized spacial score (nSPS) is 15.0. The molecule has 10 heteroatoms. The van der Waals surface area contributed by atoms with Crippen molar-refractivity contribution in [1.82, 2.24) is 20.2 Å². The highest BCUT2D eigenvalue weighted by Crippen LogP contribution is 2.40. The van der Waals surface area contributed by atoms with Gasteiger partial charge in [-0.1, -0.05) is 6.07 Å². The summed E-state index contributed by atoms with van der Waals surface area (Å²) in [5.41, 5.74) is 3.21. The molecule has 5 rings (SSSR count). The van der Waals surface area contributed by atoms with Crippen LogP contribution in [0.4, 0.5) is 22.7 Å². The summed E-state index contributed by atoms with van der Waals surface area (Å²) in [6, 6.07) is 11.4. The molecule has 0 aliphatic carbocycles. The maximum atomic E-state index is 11.9. The quantitative estimate of drug-likeness (QED) is 0.404. The van der Waals surface area contributed by atoms with Crippen LogP contribution in [-0.4, -0.2) is 58.3 Å². The zero-order chi connectivity index (χ0) is 20.7. The summed E-state index contributed by atoms with van der Waals surface area (Å²) in [5.74, 6) is 0. The third-order valence-electron chi connectivity index (χ3n) is 5.40. The largest absolute Gasteiger partial charge is 0.363 e. The Morgan fingerprint density at radius 3 is 2.70 bits per heavy atom. The van der Waals surface area contributed by atoms with Crippen molar-refractivity contribution < 1.29 is 9.55 Å². The number of hydrogen-bond donors (Lipinski definition) is 1. The van der Waals surface area contributed by atoms with Crippen LogP contribution in [0.2, 0.25) is 0 Å². The minimum atomic E-state index is -0.411. The Balaban J connectivity index is 1.61. The first-order chi connectivity index (χ1) is 14.6. The first kappa shape index (κ1) is 18.3. The van der Waals surface area contributed by atoms with Crippen LogP contribution in [0, 0.1) is 10.1 Å². The summed E-state index contributed by atoms with van der Waals surface area (Å²) in [6.07, 6.45) is 1.75. The minimum absolute atomic E-state index is 0.0796. The fraction of sp³-hybridized carbons (Fsp3) is 0.250. The third kappa shape index (κ3) is 3.16. The predicted molar refractivity (Wildman–Crippen MR) is 113 cm³/mol. The summed E-state index contributed by atoms with van der Waals surface area (Å²) in [4.78, 5) is 20.0. The van der Waals surface area contributed by atoms with E-state index in [-0.39, 0.29) is 11.2 Å². The smallest absolute Gasteiger partial charge is 0.323 e. The molecule has 1 N–H and O–H groups in total. The lowest BCUT2D eigenvalue weighted by molar-refractivity contribution is -0.382. The Hall–Kier alpha value is -3.79. The molecule has 1 saturated heterocycles. The van der Waals surface area contributed by atoms with Gasteiger partial charge < -0.3 is 15.1 Å². The Kier molecular flexibility index (Phi) is 4.40. The number of fused-ring (bicyclic) bond motifs is 2. The second-order valence-corrected chi connectivity index (χ2v) is 7.34. The fourth-order valence-electron chi connectivity index (χ4n) is 3.79. The van der Waals surface area contributed by atoms with Crippen molar-refractivity contribution in [2.24, 2.45) is 0 Å². The summed E-state index contributed by atoms with van der Waals surface area (Å²) in [6.45, 7) is 3.03. The van der Waals surface area contributed by atoms with Crippen LogP contribution in [0.1, 0.15) is 0 Å². The second kappa shape index (κ2) is 7.23. The number of likely N-dealkylation sites (N-methyl/N-ethyl adjacent to an activating group) is 1. The van der Waals surface area contributed by atoms with E-state index in [4.69, 9.17) is 4.63 Å². The molecule has 0 amide bonds. The van der Waals surface area contributed by atoms with Crippen molar-refractivity contribution in [2.45, 2.75) is 0 Å². The lowest BCUT2D eigenvalue weighted by Crippen LogP contribution is -2.44. The van der Waals surface area contributed by atoms with Gasteiger partial charge in [-0.2, -0.15) is 0 Å². The number of rotatable bonds is 4. The van der Waals surface area contributed by atoms with Crippen LogP contribution in [0.15, 0.2) is 47.2 Å². The summed E-state index contributed by atoms with van der Waals surface area (Å²) >= 11 is 0. The summed E-state index contributed by atoms with van der Waals surface area (Å²) < 4.78 is 4.88. The molecule has 10 nitrogen and oxygen atoms in total. The minimum Gasteiger partial charge on any atom is -0.363 e. The number of nitrogens with one attached hydrogen (secondary N) is 1. The Morgan fingerprint density at radius 2 is 1.90 bits per heavy atom. The maximum absolute atomic E-state index is 11.9. The molecule has 0 unspecified atom stereocenters. The molecule has 152 valence electrons. The number of hydrogen-bond acceptors (Lipinski definition) is 9. The van der Waals surface area contributed by atoms with Gasteiger partial charge in [-0.3, -0.25) is 15.1 Å². The van der Waals surface area contributed by atoms with Crippen molar-refractivity contribution >= 4 is 44.7 Å². The number of piperazine rings is 1. The van der Waals surface area contributed by atoms with Gasteiger partial charge in [0.15, 0.2) is 5.52 Å².